The van der Waals surface area contributed by atoms with Crippen LogP contribution < -0.4 is 9.47 Å². The van der Waals surface area contributed by atoms with E-state index in [1.54, 1.807) is 0 Å². The molecule has 0 heterocycles. The van der Waals surface area contributed by atoms with Crippen molar-refractivity contribution in [1.82, 2.24) is 9.80 Å². The monoisotopic (exact) mass is 442 g/mol. The van der Waals surface area contributed by atoms with Gasteiger partial charge in [0.2, 0.25) is 0 Å². The average molecular weight is 443 g/mol. The van der Waals surface area contributed by atoms with Crippen molar-refractivity contribution < 1.29 is 14.6 Å². The van der Waals surface area contributed by atoms with Gasteiger partial charge in [-0.3, -0.25) is 9.80 Å². The van der Waals surface area contributed by atoms with Gasteiger partial charge >= 0.3 is 0 Å². The van der Waals surface area contributed by atoms with Crippen molar-refractivity contribution in [2.45, 2.75) is 59.7 Å². The minimum atomic E-state index is -0.449. The third-order valence-electron chi connectivity index (χ3n) is 6.26. The number of likely N-dealkylation sites (N-methyl/N-ethyl adjacent to an activating group) is 2. The van der Waals surface area contributed by atoms with Crippen LogP contribution in [-0.2, 0) is 0 Å². The minimum absolute atomic E-state index is 0.193. The Morgan fingerprint density at radius 2 is 1.00 bits per heavy atom. The lowest BCUT2D eigenvalue weighted by Crippen LogP contribution is -2.45. The Balaban J connectivity index is 1.78. The van der Waals surface area contributed by atoms with Gasteiger partial charge in [0.05, 0.1) is 6.10 Å². The number of benzene rings is 2. The molecule has 0 aliphatic rings. The van der Waals surface area contributed by atoms with Gasteiger partial charge in [0.25, 0.3) is 0 Å². The number of aliphatic hydroxyl groups is 1. The third kappa shape index (κ3) is 7.51. The molecule has 0 aliphatic carbocycles. The van der Waals surface area contributed by atoms with E-state index in [-0.39, 0.29) is 12.1 Å². The van der Waals surface area contributed by atoms with E-state index in [9.17, 15) is 5.11 Å². The zero-order valence-electron chi connectivity index (χ0n) is 21.2. The Morgan fingerprint density at radius 3 is 1.31 bits per heavy atom. The SMILES string of the molecule is Cc1cccc(C)c1OCC(C)N(C)CC(O)CN(C)C(C)COc1c(C)cccc1C. The lowest BCUT2D eigenvalue weighted by atomic mass is 10.1. The minimum Gasteiger partial charge on any atom is -0.491 e. The van der Waals surface area contributed by atoms with E-state index < -0.39 is 6.10 Å². The van der Waals surface area contributed by atoms with Gasteiger partial charge < -0.3 is 14.6 Å². The van der Waals surface area contributed by atoms with Gasteiger partial charge in [-0.1, -0.05) is 36.4 Å². The standard InChI is InChI=1S/C27H42N2O3/c1-19-11-9-12-20(2)26(19)31-17-23(5)28(7)15-25(30)16-29(8)24(6)18-32-27-21(3)13-10-14-22(27)4/h9-14,23-25,30H,15-18H2,1-8H3. The van der Waals surface area contributed by atoms with Crippen molar-refractivity contribution >= 4 is 0 Å². The summed E-state index contributed by atoms with van der Waals surface area (Å²) in [6.07, 6.45) is -0.449. The highest BCUT2D eigenvalue weighted by atomic mass is 16.5. The molecular formula is C27H42N2O3. The number of hydrogen-bond acceptors (Lipinski definition) is 5. The summed E-state index contributed by atoms with van der Waals surface area (Å²) in [5.41, 5.74) is 4.61. The number of aliphatic hydroxyl groups excluding tert-OH is 1. The summed E-state index contributed by atoms with van der Waals surface area (Å²) < 4.78 is 12.2. The number of ether oxygens (including phenoxy) is 2. The molecule has 0 saturated carbocycles. The van der Waals surface area contributed by atoms with Crippen LogP contribution in [0.5, 0.6) is 11.5 Å². The molecule has 2 aromatic carbocycles. The predicted octanol–water partition coefficient (Wildman–Crippen LogP) is 4.38. The van der Waals surface area contributed by atoms with E-state index in [4.69, 9.17) is 9.47 Å². The molecule has 0 bridgehead atoms. The van der Waals surface area contributed by atoms with Crippen molar-refractivity contribution in [3.8, 4) is 11.5 Å². The zero-order chi connectivity index (χ0) is 23.8. The first-order valence-electron chi connectivity index (χ1n) is 11.6. The van der Waals surface area contributed by atoms with E-state index in [1.807, 2.05) is 26.2 Å². The molecule has 2 aromatic rings. The average Bonchev–Trinajstić information content (AvgIpc) is 2.72. The fourth-order valence-corrected chi connectivity index (χ4v) is 3.80. The molecule has 32 heavy (non-hydrogen) atoms. The molecule has 0 aromatic heterocycles. The van der Waals surface area contributed by atoms with E-state index in [1.165, 1.54) is 0 Å². The molecule has 5 heteroatoms. The Morgan fingerprint density at radius 1 is 0.688 bits per heavy atom. The van der Waals surface area contributed by atoms with Crippen LogP contribution in [0, 0.1) is 27.7 Å². The predicted molar refractivity (Wildman–Crippen MR) is 133 cm³/mol. The number of rotatable bonds is 12. The largest absolute Gasteiger partial charge is 0.491 e. The smallest absolute Gasteiger partial charge is 0.125 e. The molecular weight excluding hydrogens is 400 g/mol. The summed E-state index contributed by atoms with van der Waals surface area (Å²) in [5.74, 6) is 1.93. The maximum atomic E-state index is 10.7. The molecule has 0 saturated heterocycles. The van der Waals surface area contributed by atoms with Crippen molar-refractivity contribution in [2.24, 2.45) is 0 Å². The van der Waals surface area contributed by atoms with Crippen LogP contribution >= 0.6 is 0 Å². The van der Waals surface area contributed by atoms with Gasteiger partial charge in [-0.25, -0.2) is 0 Å². The number of nitrogens with zero attached hydrogens (tertiary/aromatic N) is 2. The van der Waals surface area contributed by atoms with E-state index in [2.05, 4.69) is 75.6 Å². The Bertz CT molecular complexity index is 745. The lowest BCUT2D eigenvalue weighted by Gasteiger charge is -2.31. The highest BCUT2D eigenvalue weighted by Gasteiger charge is 2.19. The maximum Gasteiger partial charge on any atom is 0.125 e. The number of aryl methyl sites for hydroxylation is 4. The van der Waals surface area contributed by atoms with Gasteiger partial charge in [0.15, 0.2) is 0 Å². The number of para-hydroxylation sites is 2. The zero-order valence-corrected chi connectivity index (χ0v) is 21.2. The molecule has 2 atom stereocenters. The molecule has 0 radical (unpaired) electrons. The summed E-state index contributed by atoms with van der Waals surface area (Å²) in [7, 11) is 4.07. The Kier molecular flexibility index (Phi) is 10.0. The molecule has 0 aliphatic heterocycles. The van der Waals surface area contributed by atoms with Gasteiger partial charge in [-0.2, -0.15) is 0 Å². The topological polar surface area (TPSA) is 45.2 Å². The van der Waals surface area contributed by atoms with E-state index in [0.29, 0.717) is 26.3 Å². The van der Waals surface area contributed by atoms with E-state index in [0.717, 1.165) is 33.8 Å². The summed E-state index contributed by atoms with van der Waals surface area (Å²) in [6, 6.07) is 12.8. The summed E-state index contributed by atoms with van der Waals surface area (Å²) in [4.78, 5) is 4.31. The second-order valence-electron chi connectivity index (χ2n) is 9.29. The van der Waals surface area contributed by atoms with Crippen LogP contribution in [0.3, 0.4) is 0 Å². The lowest BCUT2D eigenvalue weighted by molar-refractivity contribution is 0.0522. The fraction of sp³-hybridized carbons (Fsp3) is 0.556. The highest BCUT2D eigenvalue weighted by Crippen LogP contribution is 2.23. The van der Waals surface area contributed by atoms with Crippen LogP contribution in [0.25, 0.3) is 0 Å². The van der Waals surface area contributed by atoms with Crippen molar-refractivity contribution in [2.75, 3.05) is 40.4 Å². The van der Waals surface area contributed by atoms with Crippen LogP contribution in [-0.4, -0.2) is 73.5 Å². The molecule has 178 valence electrons. The molecule has 0 amide bonds. The molecule has 5 nitrogen and oxygen atoms in total. The Labute approximate surface area is 195 Å². The molecule has 1 N–H and O–H groups in total. The maximum absolute atomic E-state index is 10.7. The van der Waals surface area contributed by atoms with Gasteiger partial charge in [-0.05, 0) is 77.9 Å². The summed E-state index contributed by atoms with van der Waals surface area (Å²) in [5, 5.41) is 10.7. The second-order valence-corrected chi connectivity index (χ2v) is 9.29. The molecule has 0 fully saturated rings. The van der Waals surface area contributed by atoms with Gasteiger partial charge in [-0.15, -0.1) is 0 Å². The first kappa shape index (κ1) is 26.2. The second kappa shape index (κ2) is 12.2. The van der Waals surface area contributed by atoms with Gasteiger partial charge in [0, 0.05) is 25.2 Å². The molecule has 2 unspecified atom stereocenters. The van der Waals surface area contributed by atoms with Crippen molar-refractivity contribution in [3.05, 3.63) is 58.7 Å². The van der Waals surface area contributed by atoms with Gasteiger partial charge in [0.1, 0.15) is 24.7 Å². The third-order valence-corrected chi connectivity index (χ3v) is 6.26. The first-order chi connectivity index (χ1) is 15.1. The van der Waals surface area contributed by atoms with Crippen LogP contribution in [0.2, 0.25) is 0 Å². The van der Waals surface area contributed by atoms with Crippen LogP contribution in [0.1, 0.15) is 36.1 Å². The summed E-state index contributed by atoms with van der Waals surface area (Å²) >= 11 is 0. The number of hydrogen-bond donors (Lipinski definition) is 1. The van der Waals surface area contributed by atoms with Crippen LogP contribution in [0.4, 0.5) is 0 Å². The fourth-order valence-electron chi connectivity index (χ4n) is 3.80. The summed E-state index contributed by atoms with van der Waals surface area (Å²) in [6.45, 7) is 14.9. The van der Waals surface area contributed by atoms with E-state index >= 15 is 0 Å². The Hall–Kier alpha value is -2.08. The first-order valence-corrected chi connectivity index (χ1v) is 11.6. The quantitative estimate of drug-likeness (QED) is 0.529. The van der Waals surface area contributed by atoms with Crippen molar-refractivity contribution in [1.29, 1.82) is 0 Å². The molecule has 0 spiro atoms. The normalized spacial score (nSPS) is 14.5. The van der Waals surface area contributed by atoms with Crippen molar-refractivity contribution in [3.63, 3.8) is 0 Å². The highest BCUT2D eigenvalue weighted by molar-refractivity contribution is 5.40. The van der Waals surface area contributed by atoms with Crippen LogP contribution in [0.15, 0.2) is 36.4 Å². The molecule has 2 rings (SSSR count).